The third kappa shape index (κ3) is 7.49. The maximum Gasteiger partial charge on any atom is 0.508 e. The zero-order valence-electron chi connectivity index (χ0n) is 20.4. The van der Waals surface area contributed by atoms with Gasteiger partial charge >= 0.3 is 6.16 Å². The second-order valence-electron chi connectivity index (χ2n) is 10.4. The molecule has 0 bridgehead atoms. The lowest BCUT2D eigenvalue weighted by Crippen LogP contribution is -2.36. The first-order valence-electron chi connectivity index (χ1n) is 11.0. The van der Waals surface area contributed by atoms with E-state index in [0.29, 0.717) is 0 Å². The molecular formula is C23H32N2O7Si2. The molecule has 2 aromatic carbocycles. The van der Waals surface area contributed by atoms with E-state index >= 15 is 0 Å². The van der Waals surface area contributed by atoms with Crippen LogP contribution >= 0.6 is 0 Å². The fraction of sp³-hybridized carbons (Fsp3) is 0.435. The van der Waals surface area contributed by atoms with Gasteiger partial charge < -0.3 is 9.47 Å². The topological polar surface area (TPSA) is 122 Å². The number of hydrogen-bond donors (Lipinski definition) is 0. The lowest BCUT2D eigenvalue weighted by molar-refractivity contribution is -0.385. The molecular weight excluding hydrogens is 472 g/mol. The fourth-order valence-corrected chi connectivity index (χ4v) is 7.25. The Morgan fingerprint density at radius 1 is 0.706 bits per heavy atom. The predicted octanol–water partition coefficient (Wildman–Crippen LogP) is 6.28. The van der Waals surface area contributed by atoms with Crippen molar-refractivity contribution in [1.29, 1.82) is 0 Å². The predicted molar refractivity (Wildman–Crippen MR) is 136 cm³/mol. The molecule has 9 nitrogen and oxygen atoms in total. The molecule has 34 heavy (non-hydrogen) atoms. The van der Waals surface area contributed by atoms with E-state index < -0.39 is 32.1 Å². The van der Waals surface area contributed by atoms with Crippen molar-refractivity contribution in [1.82, 2.24) is 0 Å². The molecule has 0 saturated heterocycles. The number of ether oxygens (including phenoxy) is 2. The highest BCUT2D eigenvalue weighted by molar-refractivity contribution is 6.78. The SMILES string of the molecule is C[Si](C)(C)C(COC(=O)OCC(c1ccc([N+](=O)[O-])cc1)[Si](C)(C)C)c1ccc([N+](=O)[O-])cc1. The molecule has 0 spiro atoms. The first kappa shape index (κ1) is 27.2. The molecule has 0 saturated carbocycles. The summed E-state index contributed by atoms with van der Waals surface area (Å²) in [5, 5.41) is 21.9. The van der Waals surface area contributed by atoms with Crippen molar-refractivity contribution in [2.45, 2.75) is 50.4 Å². The largest absolute Gasteiger partial charge is 0.508 e. The van der Waals surface area contributed by atoms with E-state index in [0.717, 1.165) is 11.1 Å². The van der Waals surface area contributed by atoms with Crippen LogP contribution in [-0.4, -0.2) is 45.4 Å². The van der Waals surface area contributed by atoms with Crippen LogP contribution in [-0.2, 0) is 9.47 Å². The Hall–Kier alpha value is -3.06. The Kier molecular flexibility index (Phi) is 8.73. The van der Waals surface area contributed by atoms with Gasteiger partial charge in [0, 0.05) is 35.3 Å². The summed E-state index contributed by atoms with van der Waals surface area (Å²) >= 11 is 0. The van der Waals surface area contributed by atoms with E-state index in [9.17, 15) is 25.0 Å². The summed E-state index contributed by atoms with van der Waals surface area (Å²) in [5.74, 6) is 0. The molecule has 0 aliphatic rings. The summed E-state index contributed by atoms with van der Waals surface area (Å²) in [7, 11) is -3.66. The molecule has 11 heteroatoms. The first-order chi connectivity index (χ1) is 15.7. The van der Waals surface area contributed by atoms with Crippen molar-refractivity contribution >= 4 is 33.7 Å². The van der Waals surface area contributed by atoms with Crippen molar-refractivity contribution in [3.63, 3.8) is 0 Å². The van der Waals surface area contributed by atoms with Gasteiger partial charge in [-0.05, 0) is 11.1 Å². The van der Waals surface area contributed by atoms with Gasteiger partial charge in [0.05, 0.1) is 39.2 Å². The molecule has 2 unspecified atom stereocenters. The van der Waals surface area contributed by atoms with E-state index in [4.69, 9.17) is 9.47 Å². The van der Waals surface area contributed by atoms with Crippen LogP contribution in [0.25, 0.3) is 0 Å². The lowest BCUT2D eigenvalue weighted by atomic mass is 10.1. The summed E-state index contributed by atoms with van der Waals surface area (Å²) < 4.78 is 11.0. The normalized spacial score (nSPS) is 13.6. The molecule has 2 atom stereocenters. The Balaban J connectivity index is 2.06. The van der Waals surface area contributed by atoms with Crippen LogP contribution in [0.5, 0.6) is 0 Å². The van der Waals surface area contributed by atoms with Gasteiger partial charge in [0.25, 0.3) is 11.4 Å². The van der Waals surface area contributed by atoms with Crippen molar-refractivity contribution < 1.29 is 24.1 Å². The Labute approximate surface area is 201 Å². The Morgan fingerprint density at radius 2 is 1.00 bits per heavy atom. The average Bonchev–Trinajstić information content (AvgIpc) is 2.72. The zero-order valence-corrected chi connectivity index (χ0v) is 22.4. The third-order valence-corrected chi connectivity index (χ3v) is 11.0. The van der Waals surface area contributed by atoms with Gasteiger partial charge in [-0.25, -0.2) is 4.79 Å². The average molecular weight is 505 g/mol. The number of non-ortho nitro benzene ring substituents is 2. The number of rotatable bonds is 10. The molecule has 0 fully saturated rings. The van der Waals surface area contributed by atoms with E-state index in [1.54, 1.807) is 24.3 Å². The van der Waals surface area contributed by atoms with Crippen LogP contribution < -0.4 is 0 Å². The molecule has 0 amide bonds. The standard InChI is InChI=1S/C23H32N2O7Si2/c1-33(2,3)21(17-7-11-19(12-8-17)24(27)28)15-31-23(26)32-16-22(34(4,5)6)18-9-13-20(14-10-18)25(29)30/h7-14,21-22H,15-16H2,1-6H3. The number of nitro benzene ring substituents is 2. The molecule has 0 heterocycles. The van der Waals surface area contributed by atoms with Crippen molar-refractivity contribution in [3.8, 4) is 0 Å². The van der Waals surface area contributed by atoms with Crippen molar-refractivity contribution in [3.05, 3.63) is 79.9 Å². The van der Waals surface area contributed by atoms with Gasteiger partial charge in [-0.2, -0.15) is 0 Å². The van der Waals surface area contributed by atoms with Gasteiger partial charge in [0.1, 0.15) is 0 Å². The summed E-state index contributed by atoms with van der Waals surface area (Å²) in [6, 6.07) is 12.7. The number of hydrogen-bond acceptors (Lipinski definition) is 7. The third-order valence-electron chi connectivity index (χ3n) is 5.84. The minimum absolute atomic E-state index is 0.0158. The fourth-order valence-electron chi connectivity index (χ4n) is 3.69. The van der Waals surface area contributed by atoms with Gasteiger partial charge in [-0.15, -0.1) is 0 Å². The number of nitrogens with zero attached hydrogens (tertiary/aromatic N) is 2. The molecule has 0 N–H and O–H groups in total. The minimum Gasteiger partial charge on any atom is -0.434 e. The van der Waals surface area contributed by atoms with E-state index in [1.807, 2.05) is 0 Å². The maximum atomic E-state index is 12.5. The monoisotopic (exact) mass is 504 g/mol. The first-order valence-corrected chi connectivity index (χ1v) is 18.1. The van der Waals surface area contributed by atoms with Crippen molar-refractivity contribution in [2.75, 3.05) is 13.2 Å². The van der Waals surface area contributed by atoms with Crippen LogP contribution in [0.4, 0.5) is 16.2 Å². The summed E-state index contributed by atoms with van der Waals surface area (Å²) in [4.78, 5) is 33.5. The quantitative estimate of drug-likeness (QED) is 0.161. The lowest BCUT2D eigenvalue weighted by Gasteiger charge is -2.30. The van der Waals surface area contributed by atoms with Crippen LogP contribution in [0.3, 0.4) is 0 Å². The number of carbonyl (C=O) groups excluding carboxylic acids is 1. The van der Waals surface area contributed by atoms with Crippen LogP contribution in [0.15, 0.2) is 48.5 Å². The van der Waals surface area contributed by atoms with Gasteiger partial charge in [-0.3, -0.25) is 20.2 Å². The van der Waals surface area contributed by atoms with E-state index in [2.05, 4.69) is 39.3 Å². The molecule has 2 rings (SSSR count). The van der Waals surface area contributed by atoms with E-state index in [-0.39, 0.29) is 35.7 Å². The highest BCUT2D eigenvalue weighted by Crippen LogP contribution is 2.31. The Morgan fingerprint density at radius 3 is 1.24 bits per heavy atom. The van der Waals surface area contributed by atoms with Crippen LogP contribution in [0.1, 0.15) is 22.2 Å². The number of nitro groups is 2. The zero-order chi connectivity index (χ0) is 25.7. The van der Waals surface area contributed by atoms with Crippen molar-refractivity contribution in [2.24, 2.45) is 0 Å². The summed E-state index contributed by atoms with van der Waals surface area (Å²) in [5.41, 5.74) is 1.71. The highest BCUT2D eigenvalue weighted by atomic mass is 28.3. The minimum atomic E-state index is -1.83. The van der Waals surface area contributed by atoms with Crippen LogP contribution in [0, 0.1) is 20.2 Å². The summed E-state index contributed by atoms with van der Waals surface area (Å²) in [6.45, 7) is 13.1. The molecule has 0 radical (unpaired) electrons. The molecule has 0 aromatic heterocycles. The smallest absolute Gasteiger partial charge is 0.434 e. The number of benzene rings is 2. The molecule has 184 valence electrons. The number of carbonyl (C=O) groups is 1. The molecule has 0 aliphatic carbocycles. The maximum absolute atomic E-state index is 12.5. The van der Waals surface area contributed by atoms with Gasteiger partial charge in [0.15, 0.2) is 0 Å². The van der Waals surface area contributed by atoms with Gasteiger partial charge in [-0.1, -0.05) is 63.5 Å². The molecule has 2 aromatic rings. The second kappa shape index (κ2) is 10.9. The van der Waals surface area contributed by atoms with Gasteiger partial charge in [0.2, 0.25) is 0 Å². The van der Waals surface area contributed by atoms with E-state index in [1.165, 1.54) is 24.3 Å². The molecule has 0 aliphatic heterocycles. The second-order valence-corrected chi connectivity index (χ2v) is 21.3. The highest BCUT2D eigenvalue weighted by Gasteiger charge is 2.32. The Bertz CT molecular complexity index is 932. The summed E-state index contributed by atoms with van der Waals surface area (Å²) in [6.07, 6.45) is -0.768. The van der Waals surface area contributed by atoms with Crippen LogP contribution in [0.2, 0.25) is 39.3 Å².